The molecule has 0 atom stereocenters. The number of hydrogen-bond acceptors (Lipinski definition) is 10. The molecule has 14 heteroatoms. The first-order valence-corrected chi connectivity index (χ1v) is 41.9. The van der Waals surface area contributed by atoms with E-state index in [0.717, 1.165) is 48.9 Å². The van der Waals surface area contributed by atoms with E-state index in [4.69, 9.17) is 47.4 Å². The summed E-state index contributed by atoms with van der Waals surface area (Å²) >= 11 is 7.13. The van der Waals surface area contributed by atoms with Gasteiger partial charge in [-0.15, -0.1) is 22.7 Å². The molecule has 0 saturated carbocycles. The van der Waals surface area contributed by atoms with Crippen molar-refractivity contribution in [1.29, 1.82) is 0 Å². The van der Waals surface area contributed by atoms with Gasteiger partial charge in [0.15, 0.2) is 46.3 Å². The Morgan fingerprint density at radius 3 is 0.992 bits per heavy atom. The normalized spacial score (nSPS) is 14.1. The minimum absolute atomic E-state index is 0.181. The quantitative estimate of drug-likeness (QED) is 0.0985. The van der Waals surface area contributed by atoms with Gasteiger partial charge in [0.05, 0.1) is 24.3 Å². The summed E-state index contributed by atoms with van der Waals surface area (Å²) in [5.41, 5.74) is 24.3. The molecule has 0 unspecified atom stereocenters. The van der Waals surface area contributed by atoms with Crippen molar-refractivity contribution in [3.05, 3.63) is 365 Å². The first-order valence-electron chi connectivity index (χ1n) is 39.5. The summed E-state index contributed by atoms with van der Waals surface area (Å²) in [5, 5.41) is 5.06. The standard InChI is InChI=1S/C49H32N4S.C34H30BNO2S.C21H14BrN3/c1-49(2)41-28-34(22-24-38(41)39-25-23-35(50-3)29-42(39)49)36-26-27-37(45-44(36)40-16-10-11-17-43(40)54-45)30-18-20-33(21-19-30)48-52-46(31-12-6-4-7-13-31)51-47(53-48)32-14-8-5-9-15-32;1-32(2)26-18-20(12-14-23(26)24-15-13-21(36-7)19-27(24)32)22-16-17-28(35-37-33(3,4)34(5,6)38-35)31-30(22)25-10-8-9-11-29(25)39-31;22-18-13-11-17(12-14-18)21-24-19(15-7-3-1-4-8-15)23-20(25-21)16-9-5-2-6-10-16/h4-29H,1-2H3;8-19H,1-6H3;1-14H. The van der Waals surface area contributed by atoms with E-state index in [1.165, 1.54) is 113 Å². The van der Waals surface area contributed by atoms with Crippen molar-refractivity contribution < 1.29 is 9.31 Å². The van der Waals surface area contributed by atoms with Crippen LogP contribution in [0.15, 0.2) is 320 Å². The number of benzene rings is 14. The molecule has 0 amide bonds. The summed E-state index contributed by atoms with van der Waals surface area (Å²) in [6.45, 7) is 32.6. The fraction of sp³-hybridized carbons (Fsp3) is 0.115. The van der Waals surface area contributed by atoms with Crippen LogP contribution >= 0.6 is 38.6 Å². The largest absolute Gasteiger partial charge is 0.496 e. The van der Waals surface area contributed by atoms with Gasteiger partial charge in [0.2, 0.25) is 0 Å². The van der Waals surface area contributed by atoms with Crippen LogP contribution in [0.4, 0.5) is 11.4 Å². The van der Waals surface area contributed by atoms with Crippen molar-refractivity contribution in [2.75, 3.05) is 0 Å². The van der Waals surface area contributed by atoms with Gasteiger partial charge in [-0.05, 0) is 142 Å². The fourth-order valence-corrected chi connectivity index (χ4v) is 19.5. The van der Waals surface area contributed by atoms with E-state index in [0.29, 0.717) is 46.3 Å². The molecule has 0 radical (unpaired) electrons. The molecule has 1 saturated heterocycles. The zero-order valence-corrected chi connectivity index (χ0v) is 69.4. The fourth-order valence-electron chi connectivity index (χ4n) is 16.7. The van der Waals surface area contributed by atoms with E-state index in [9.17, 15) is 0 Å². The Hall–Kier alpha value is -13.0. The highest BCUT2D eigenvalue weighted by Gasteiger charge is 2.52. The Balaban J connectivity index is 0.000000126. The lowest BCUT2D eigenvalue weighted by Crippen LogP contribution is -2.41. The second-order valence-corrected chi connectivity index (χ2v) is 35.2. The molecular formula is C104H76BBrN8O2S2. The van der Waals surface area contributed by atoms with Gasteiger partial charge in [0.1, 0.15) is 0 Å². The monoisotopic (exact) mass is 1620 g/mol. The second-order valence-electron chi connectivity index (χ2n) is 32.2. The molecule has 21 rings (SSSR count). The van der Waals surface area contributed by atoms with E-state index < -0.39 is 18.3 Å². The van der Waals surface area contributed by atoms with Gasteiger partial charge >= 0.3 is 7.12 Å². The lowest BCUT2D eigenvalue weighted by atomic mass is 9.77. The number of aromatic nitrogens is 6. The maximum atomic E-state index is 7.59. The summed E-state index contributed by atoms with van der Waals surface area (Å²) in [6.07, 6.45) is 0. The summed E-state index contributed by atoms with van der Waals surface area (Å²) in [6, 6.07) is 109. The Labute approximate surface area is 703 Å². The van der Waals surface area contributed by atoms with Crippen molar-refractivity contribution in [3.63, 3.8) is 0 Å². The van der Waals surface area contributed by atoms with Crippen LogP contribution in [0.2, 0.25) is 0 Å². The third kappa shape index (κ3) is 13.5. The first kappa shape index (κ1) is 75.1. The zero-order chi connectivity index (χ0) is 80.8. The average molecular weight is 1620 g/mol. The highest BCUT2D eigenvalue weighted by atomic mass is 79.9. The number of nitrogens with zero attached hydrogens (tertiary/aromatic N) is 8. The van der Waals surface area contributed by atoms with Crippen LogP contribution in [0.1, 0.15) is 77.6 Å². The highest BCUT2D eigenvalue weighted by Crippen LogP contribution is 2.55. The third-order valence-electron chi connectivity index (χ3n) is 23.7. The number of rotatable bonds is 10. The van der Waals surface area contributed by atoms with Crippen molar-refractivity contribution in [2.24, 2.45) is 0 Å². The van der Waals surface area contributed by atoms with Crippen molar-refractivity contribution in [3.8, 4) is 124 Å². The molecule has 0 spiro atoms. The SMILES string of the molecule is Brc1ccc(-c2nc(-c3ccccc3)nc(-c3ccccc3)n2)cc1.[C-]#[N+]c1ccc2c(c1)C(C)(C)c1cc(-c3ccc(-c4ccc(-c5nc(-c6ccccc6)nc(-c6ccccc6)n5)cc4)c4sc5ccccc5c34)ccc1-2.[C-]#[N+]c1ccc2c(c1)C(C)(C)c1cc(-c3ccc(B4OC(C)(C)C(C)(C)O4)c4sc5ccccc5c34)ccc1-2. The predicted molar refractivity (Wildman–Crippen MR) is 492 cm³/mol. The summed E-state index contributed by atoms with van der Waals surface area (Å²) in [5.74, 6) is 3.96. The van der Waals surface area contributed by atoms with Crippen LogP contribution in [0, 0.1) is 13.1 Å². The Morgan fingerprint density at radius 1 is 0.297 bits per heavy atom. The van der Waals surface area contributed by atoms with Crippen molar-refractivity contribution in [1.82, 2.24) is 29.9 Å². The second kappa shape index (κ2) is 29.9. The van der Waals surface area contributed by atoms with E-state index in [-0.39, 0.29) is 10.8 Å². The van der Waals surface area contributed by atoms with Gasteiger partial charge in [0, 0.05) is 94.5 Å². The molecule has 0 bridgehead atoms. The van der Waals surface area contributed by atoms with Crippen LogP contribution in [-0.4, -0.2) is 48.2 Å². The van der Waals surface area contributed by atoms with Gasteiger partial charge < -0.3 is 9.31 Å². The molecule has 1 fully saturated rings. The van der Waals surface area contributed by atoms with E-state index in [1.54, 1.807) is 0 Å². The smallest absolute Gasteiger partial charge is 0.399 e. The molecule has 2 aliphatic carbocycles. The summed E-state index contributed by atoms with van der Waals surface area (Å²) in [7, 11) is -0.412. The Bertz CT molecular complexity index is 6970. The van der Waals surface area contributed by atoms with Crippen LogP contribution in [0.25, 0.3) is 174 Å². The Kier molecular flexibility index (Phi) is 19.0. The van der Waals surface area contributed by atoms with Gasteiger partial charge in [-0.1, -0.05) is 323 Å². The maximum absolute atomic E-state index is 7.59. The molecule has 5 heterocycles. The summed E-state index contributed by atoms with van der Waals surface area (Å²) < 4.78 is 19.1. The molecule has 3 aliphatic rings. The van der Waals surface area contributed by atoms with Gasteiger partial charge in [-0.2, -0.15) is 0 Å². The van der Waals surface area contributed by atoms with Crippen LogP contribution in [-0.2, 0) is 20.1 Å². The number of thiophene rings is 2. The topological polar surface area (TPSA) is 105 Å². The molecule has 566 valence electrons. The van der Waals surface area contributed by atoms with Crippen molar-refractivity contribution in [2.45, 2.75) is 77.4 Å². The minimum atomic E-state index is -0.412. The zero-order valence-electron chi connectivity index (χ0n) is 66.2. The van der Waals surface area contributed by atoms with E-state index in [1.807, 2.05) is 180 Å². The molecule has 1 aliphatic heterocycles. The van der Waals surface area contributed by atoms with Crippen LogP contribution in [0.3, 0.4) is 0 Å². The molecule has 18 aromatic rings. The van der Waals surface area contributed by atoms with Crippen LogP contribution in [0.5, 0.6) is 0 Å². The molecule has 118 heavy (non-hydrogen) atoms. The first-order chi connectivity index (χ1) is 57.3. The van der Waals surface area contributed by atoms with Crippen molar-refractivity contribution >= 4 is 103 Å². The predicted octanol–water partition coefficient (Wildman–Crippen LogP) is 27.9. The Morgan fingerprint density at radius 2 is 0.593 bits per heavy atom. The maximum Gasteiger partial charge on any atom is 0.496 e. The molecule has 4 aromatic heterocycles. The molecule has 0 N–H and O–H groups in total. The average Bonchev–Trinajstić information content (AvgIpc) is 1.57. The number of hydrogen-bond donors (Lipinski definition) is 0. The number of halogens is 1. The third-order valence-corrected chi connectivity index (χ3v) is 26.7. The van der Waals surface area contributed by atoms with Crippen LogP contribution < -0.4 is 5.46 Å². The molecule has 14 aromatic carbocycles. The molecular weight excluding hydrogens is 1550 g/mol. The van der Waals surface area contributed by atoms with Gasteiger partial charge in [-0.25, -0.2) is 39.6 Å². The van der Waals surface area contributed by atoms with E-state index >= 15 is 0 Å². The lowest BCUT2D eigenvalue weighted by molar-refractivity contribution is 0.00578. The molecule has 10 nitrogen and oxygen atoms in total. The van der Waals surface area contributed by atoms with Gasteiger partial charge in [0.25, 0.3) is 0 Å². The highest BCUT2D eigenvalue weighted by molar-refractivity contribution is 9.10. The minimum Gasteiger partial charge on any atom is -0.399 e. The van der Waals surface area contributed by atoms with E-state index in [2.05, 4.69) is 244 Å². The van der Waals surface area contributed by atoms with Gasteiger partial charge in [-0.3, -0.25) is 0 Å². The lowest BCUT2D eigenvalue weighted by Gasteiger charge is -2.32. The number of fused-ring (bicyclic) bond motifs is 12. The summed E-state index contributed by atoms with van der Waals surface area (Å²) in [4.78, 5) is 36.2.